The highest BCUT2D eigenvalue weighted by atomic mass is 16.2. The van der Waals surface area contributed by atoms with E-state index in [1.54, 1.807) is 0 Å². The van der Waals surface area contributed by atoms with E-state index in [0.29, 0.717) is 0 Å². The normalized spacial score (nSPS) is 23.6. The van der Waals surface area contributed by atoms with Crippen LogP contribution in [0.15, 0.2) is 24.3 Å². The second-order valence-electron chi connectivity index (χ2n) is 5.15. The lowest BCUT2D eigenvalue weighted by molar-refractivity contribution is -0.133. The summed E-state index contributed by atoms with van der Waals surface area (Å²) in [6.07, 6.45) is 0. The van der Waals surface area contributed by atoms with E-state index < -0.39 is 0 Å². The van der Waals surface area contributed by atoms with Gasteiger partial charge in [0.15, 0.2) is 0 Å². The molecule has 1 aromatic rings. The van der Waals surface area contributed by atoms with E-state index in [-0.39, 0.29) is 11.8 Å². The van der Waals surface area contributed by atoms with Crippen LogP contribution in [-0.2, 0) is 4.79 Å². The van der Waals surface area contributed by atoms with Crippen LogP contribution in [0.2, 0.25) is 0 Å². The summed E-state index contributed by atoms with van der Waals surface area (Å²) in [6, 6.07) is 8.13. The van der Waals surface area contributed by atoms with Crippen molar-refractivity contribution < 1.29 is 4.79 Å². The molecule has 18 heavy (non-hydrogen) atoms. The fourth-order valence-corrected chi connectivity index (χ4v) is 2.75. The summed E-state index contributed by atoms with van der Waals surface area (Å²) in [6.45, 7) is 4.41. The van der Waals surface area contributed by atoms with Crippen molar-refractivity contribution in [1.29, 1.82) is 0 Å². The van der Waals surface area contributed by atoms with E-state index in [1.165, 1.54) is 0 Å². The van der Waals surface area contributed by atoms with Gasteiger partial charge < -0.3 is 15.1 Å². The Labute approximate surface area is 108 Å². The summed E-state index contributed by atoms with van der Waals surface area (Å²) in [4.78, 5) is 16.8. The molecule has 4 nitrogen and oxygen atoms in total. The van der Waals surface area contributed by atoms with Gasteiger partial charge in [0.05, 0.1) is 5.92 Å². The van der Waals surface area contributed by atoms with Crippen LogP contribution in [0.3, 0.4) is 0 Å². The fraction of sp³-hybridized carbons (Fsp3) is 0.500. The summed E-state index contributed by atoms with van der Waals surface area (Å²) in [5.41, 5.74) is 2.27. The second kappa shape index (κ2) is 4.61. The van der Waals surface area contributed by atoms with Gasteiger partial charge in [0.2, 0.25) is 5.91 Å². The summed E-state index contributed by atoms with van der Waals surface area (Å²) in [7, 11) is 2.11. The minimum Gasteiger partial charge on any atom is -0.384 e. The molecule has 1 atom stereocenters. The van der Waals surface area contributed by atoms with Crippen molar-refractivity contribution in [3.8, 4) is 0 Å². The third kappa shape index (κ3) is 1.97. The third-order valence-electron chi connectivity index (χ3n) is 3.95. The molecule has 0 aliphatic carbocycles. The highest BCUT2D eigenvalue weighted by Crippen LogP contribution is 2.32. The van der Waals surface area contributed by atoms with Crippen molar-refractivity contribution in [3.05, 3.63) is 29.8 Å². The van der Waals surface area contributed by atoms with Crippen LogP contribution in [-0.4, -0.2) is 55.5 Å². The molecule has 0 radical (unpaired) electrons. The van der Waals surface area contributed by atoms with Gasteiger partial charge in [-0.2, -0.15) is 0 Å². The van der Waals surface area contributed by atoms with E-state index in [4.69, 9.17) is 0 Å². The van der Waals surface area contributed by atoms with Gasteiger partial charge in [-0.3, -0.25) is 4.79 Å². The van der Waals surface area contributed by atoms with E-state index in [9.17, 15) is 4.79 Å². The Morgan fingerprint density at radius 2 is 1.94 bits per heavy atom. The number of nitrogens with zero attached hydrogens (tertiary/aromatic N) is 2. The number of carbonyl (C=O) groups is 1. The van der Waals surface area contributed by atoms with Gasteiger partial charge in [-0.05, 0) is 18.7 Å². The average molecular weight is 245 g/mol. The minimum absolute atomic E-state index is 0.00426. The first-order valence-electron chi connectivity index (χ1n) is 6.56. The maximum absolute atomic E-state index is 12.5. The van der Waals surface area contributed by atoms with Gasteiger partial charge in [0.25, 0.3) is 0 Å². The lowest BCUT2D eigenvalue weighted by atomic mass is 9.99. The predicted octanol–water partition coefficient (Wildman–Crippen LogP) is 0.970. The van der Waals surface area contributed by atoms with Crippen molar-refractivity contribution in [2.24, 2.45) is 0 Å². The zero-order valence-electron chi connectivity index (χ0n) is 10.7. The second-order valence-corrected chi connectivity index (χ2v) is 5.15. The van der Waals surface area contributed by atoms with Gasteiger partial charge in [0, 0.05) is 38.4 Å². The third-order valence-corrected chi connectivity index (χ3v) is 3.95. The lowest BCUT2D eigenvalue weighted by Gasteiger charge is -2.33. The number of likely N-dealkylation sites (N-methyl/N-ethyl adjacent to an activating group) is 1. The Balaban J connectivity index is 1.74. The highest BCUT2D eigenvalue weighted by Gasteiger charge is 2.32. The van der Waals surface area contributed by atoms with Crippen LogP contribution in [0.1, 0.15) is 11.5 Å². The molecule has 4 heteroatoms. The van der Waals surface area contributed by atoms with Gasteiger partial charge in [-0.25, -0.2) is 0 Å². The van der Waals surface area contributed by atoms with Crippen molar-refractivity contribution in [3.63, 3.8) is 0 Å². The van der Waals surface area contributed by atoms with Gasteiger partial charge in [-0.15, -0.1) is 0 Å². The number of carbonyl (C=O) groups excluding carboxylic acids is 1. The largest absolute Gasteiger partial charge is 0.384 e. The minimum atomic E-state index is 0.00426. The molecule has 0 saturated carbocycles. The number of para-hydroxylation sites is 1. The molecule has 1 N–H and O–H groups in total. The van der Waals surface area contributed by atoms with E-state index in [0.717, 1.165) is 44.0 Å². The zero-order chi connectivity index (χ0) is 12.5. The molecule has 1 fully saturated rings. The zero-order valence-corrected chi connectivity index (χ0v) is 10.7. The van der Waals surface area contributed by atoms with Gasteiger partial charge in [0.1, 0.15) is 0 Å². The van der Waals surface area contributed by atoms with Crippen LogP contribution >= 0.6 is 0 Å². The molecular formula is C14H19N3O. The number of piperazine rings is 1. The molecule has 1 unspecified atom stereocenters. The first kappa shape index (κ1) is 11.5. The number of anilines is 1. The number of amides is 1. The summed E-state index contributed by atoms with van der Waals surface area (Å²) in [5.74, 6) is 0.283. The maximum Gasteiger partial charge on any atom is 0.232 e. The van der Waals surface area contributed by atoms with Crippen molar-refractivity contribution in [2.45, 2.75) is 5.92 Å². The SMILES string of the molecule is CN1CCN(C(=O)C2CNc3ccccc32)CC1. The molecule has 0 bridgehead atoms. The summed E-state index contributed by atoms with van der Waals surface area (Å²) < 4.78 is 0. The molecule has 1 aromatic carbocycles. The van der Waals surface area contributed by atoms with Crippen LogP contribution in [0.5, 0.6) is 0 Å². The predicted molar refractivity (Wildman–Crippen MR) is 71.7 cm³/mol. The Morgan fingerprint density at radius 3 is 2.72 bits per heavy atom. The molecule has 2 aliphatic rings. The highest BCUT2D eigenvalue weighted by molar-refractivity contribution is 5.88. The molecule has 0 spiro atoms. The van der Waals surface area contributed by atoms with Gasteiger partial charge >= 0.3 is 0 Å². The number of fused-ring (bicyclic) bond motifs is 1. The smallest absolute Gasteiger partial charge is 0.232 e. The van der Waals surface area contributed by atoms with Gasteiger partial charge in [-0.1, -0.05) is 18.2 Å². The molecular weight excluding hydrogens is 226 g/mol. The topological polar surface area (TPSA) is 35.6 Å². The number of rotatable bonds is 1. The monoisotopic (exact) mass is 245 g/mol. The van der Waals surface area contributed by atoms with Crippen LogP contribution in [0, 0.1) is 0 Å². The molecule has 3 rings (SSSR count). The summed E-state index contributed by atoms with van der Waals surface area (Å²) >= 11 is 0. The molecule has 2 aliphatic heterocycles. The van der Waals surface area contributed by atoms with E-state index in [1.807, 2.05) is 23.1 Å². The van der Waals surface area contributed by atoms with Crippen molar-refractivity contribution in [2.75, 3.05) is 45.1 Å². The molecule has 0 aromatic heterocycles. The van der Waals surface area contributed by atoms with E-state index in [2.05, 4.69) is 23.3 Å². The summed E-state index contributed by atoms with van der Waals surface area (Å²) in [5, 5.41) is 3.32. The van der Waals surface area contributed by atoms with Crippen LogP contribution in [0.4, 0.5) is 5.69 Å². The Hall–Kier alpha value is -1.55. The maximum atomic E-state index is 12.5. The van der Waals surface area contributed by atoms with Crippen LogP contribution in [0.25, 0.3) is 0 Å². The lowest BCUT2D eigenvalue weighted by Crippen LogP contribution is -2.48. The number of hydrogen-bond acceptors (Lipinski definition) is 3. The molecule has 1 amide bonds. The van der Waals surface area contributed by atoms with E-state index >= 15 is 0 Å². The fourth-order valence-electron chi connectivity index (χ4n) is 2.75. The average Bonchev–Trinajstić information content (AvgIpc) is 2.82. The Bertz CT molecular complexity index is 452. The Morgan fingerprint density at radius 1 is 1.22 bits per heavy atom. The standard InChI is InChI=1S/C14H19N3O/c1-16-6-8-17(9-7-16)14(18)12-10-15-13-5-3-2-4-11(12)13/h2-5,12,15H,6-10H2,1H3. The Kier molecular flexibility index (Phi) is 2.96. The first-order valence-corrected chi connectivity index (χ1v) is 6.56. The first-order chi connectivity index (χ1) is 8.75. The van der Waals surface area contributed by atoms with Crippen LogP contribution < -0.4 is 5.32 Å². The molecule has 1 saturated heterocycles. The molecule has 96 valence electrons. The number of hydrogen-bond donors (Lipinski definition) is 1. The molecule has 2 heterocycles. The van der Waals surface area contributed by atoms with Crippen molar-refractivity contribution >= 4 is 11.6 Å². The number of nitrogens with one attached hydrogen (secondary N) is 1. The number of benzene rings is 1. The quantitative estimate of drug-likeness (QED) is 0.801. The van der Waals surface area contributed by atoms with Crippen molar-refractivity contribution in [1.82, 2.24) is 9.80 Å².